The molecule has 2 aliphatic heterocycles. The number of likely N-dealkylation sites (tertiary alicyclic amines) is 2. The monoisotopic (exact) mass is 1170 g/mol. The lowest BCUT2D eigenvalue weighted by Crippen LogP contribution is -2.59. The molecule has 8 rings (SSSR count). The van der Waals surface area contributed by atoms with Crippen LogP contribution in [-0.2, 0) is 61.7 Å². The maximum atomic E-state index is 14.7. The van der Waals surface area contributed by atoms with Gasteiger partial charge in [-0.25, -0.2) is 26.3 Å². The Balaban J connectivity index is 1.01. The highest BCUT2D eigenvalue weighted by Crippen LogP contribution is 2.35. The van der Waals surface area contributed by atoms with Crippen molar-refractivity contribution < 1.29 is 45.6 Å². The van der Waals surface area contributed by atoms with Gasteiger partial charge < -0.3 is 41.7 Å². The van der Waals surface area contributed by atoms with E-state index in [4.69, 9.17) is 0 Å². The van der Waals surface area contributed by atoms with E-state index in [1.165, 1.54) is 46.2 Å². The van der Waals surface area contributed by atoms with E-state index in [2.05, 4.69) is 41.3 Å². The van der Waals surface area contributed by atoms with Crippen LogP contribution in [0, 0.1) is 10.8 Å². The Hall–Kier alpha value is -6.30. The third-order valence-electron chi connectivity index (χ3n) is 16.6. The Morgan fingerprint density at radius 3 is 1.26 bits per heavy atom. The third kappa shape index (κ3) is 13.9. The van der Waals surface area contributed by atoms with E-state index in [1.54, 1.807) is 69.5 Å². The van der Waals surface area contributed by atoms with Gasteiger partial charge in [-0.05, 0) is 147 Å². The first kappa shape index (κ1) is 61.8. The predicted molar refractivity (Wildman–Crippen MR) is 313 cm³/mol. The number of likely N-dealkylation sites (N-methyl/N-ethyl adjacent to an activating group) is 2. The van der Waals surface area contributed by atoms with Crippen LogP contribution < -0.4 is 41.3 Å². The fourth-order valence-corrected chi connectivity index (χ4v) is 14.3. The maximum Gasteiger partial charge on any atom is 0.246 e. The quantitative estimate of drug-likeness (QED) is 0.0703. The van der Waals surface area contributed by atoms with Gasteiger partial charge in [-0.3, -0.25) is 28.8 Å². The van der Waals surface area contributed by atoms with Gasteiger partial charge in [0.05, 0.1) is 34.0 Å². The minimum Gasteiger partial charge on any atom is -0.347 e. The van der Waals surface area contributed by atoms with Crippen molar-refractivity contribution in [1.82, 2.24) is 51.1 Å². The van der Waals surface area contributed by atoms with Crippen LogP contribution in [0.1, 0.15) is 128 Å². The normalized spacial score (nSPS) is 22.7. The largest absolute Gasteiger partial charge is 0.347 e. The van der Waals surface area contributed by atoms with Crippen LogP contribution in [0.25, 0.3) is 10.8 Å². The highest BCUT2D eigenvalue weighted by atomic mass is 32.2. The van der Waals surface area contributed by atoms with Crippen molar-refractivity contribution >= 4 is 66.3 Å². The summed E-state index contributed by atoms with van der Waals surface area (Å²) in [6, 6.07) is 16.3. The highest BCUT2D eigenvalue weighted by Gasteiger charge is 2.48. The Morgan fingerprint density at radius 2 is 0.902 bits per heavy atom. The number of benzene rings is 4. The summed E-state index contributed by atoms with van der Waals surface area (Å²) in [5, 5.41) is 18.6. The summed E-state index contributed by atoms with van der Waals surface area (Å²) in [7, 11) is -5.41. The molecule has 20 nitrogen and oxygen atoms in total. The number of hydrogen-bond acceptors (Lipinski definition) is 12. The summed E-state index contributed by atoms with van der Waals surface area (Å²) in [6.07, 6.45) is 4.70. The van der Waals surface area contributed by atoms with E-state index in [0.29, 0.717) is 23.6 Å². The van der Waals surface area contributed by atoms with E-state index < -0.39 is 115 Å². The van der Waals surface area contributed by atoms with Crippen LogP contribution in [0.2, 0.25) is 0 Å². The SMILES string of the molecule is CN[C@@H](C)C(=O)N[C@H](C(=O)N1C[C@@H](NS(=O)(=O)c2ccc3cc(S(=O)(=O)N[C@H]4C[C@@H](C(=O)N[C@@H]5CCCc6ccccc65)N(C(=O)[C@@H](NC(=O)[C@H](C)NC)C(C)(C)C)C4)ccc3c2)C[C@H]1C(=O)N[C@@H]1CCCc2ccccc21)C(C)(C)C. The Labute approximate surface area is 482 Å². The fourth-order valence-electron chi connectivity index (χ4n) is 11.7. The molecule has 2 saturated heterocycles. The van der Waals surface area contributed by atoms with Gasteiger partial charge in [-0.15, -0.1) is 0 Å². The van der Waals surface area contributed by atoms with E-state index in [0.717, 1.165) is 47.9 Å². The van der Waals surface area contributed by atoms with Gasteiger partial charge >= 0.3 is 0 Å². The van der Waals surface area contributed by atoms with Crippen molar-refractivity contribution in [2.75, 3.05) is 27.2 Å². The fraction of sp³-hybridized carbons (Fsp3) is 0.533. The highest BCUT2D eigenvalue weighted by molar-refractivity contribution is 7.89. The van der Waals surface area contributed by atoms with E-state index in [-0.39, 0.29) is 47.8 Å². The molecule has 2 fully saturated rings. The molecule has 82 heavy (non-hydrogen) atoms. The number of sulfonamides is 2. The lowest BCUT2D eigenvalue weighted by Gasteiger charge is -2.36. The van der Waals surface area contributed by atoms with E-state index >= 15 is 0 Å². The molecule has 0 unspecified atom stereocenters. The van der Waals surface area contributed by atoms with Crippen molar-refractivity contribution in [2.24, 2.45) is 10.8 Å². The third-order valence-corrected chi connectivity index (χ3v) is 19.7. The molecule has 6 amide bonds. The Kier molecular flexibility index (Phi) is 18.7. The van der Waals surface area contributed by atoms with E-state index in [1.807, 2.05) is 48.5 Å². The van der Waals surface area contributed by atoms with Crippen LogP contribution in [-0.4, -0.2) is 138 Å². The second kappa shape index (κ2) is 24.9. The van der Waals surface area contributed by atoms with Crippen LogP contribution in [0.4, 0.5) is 0 Å². The van der Waals surface area contributed by atoms with Crippen molar-refractivity contribution in [3.8, 4) is 0 Å². The second-order valence-electron chi connectivity index (χ2n) is 24.7. The number of amides is 6. The molecule has 10 atom stereocenters. The summed E-state index contributed by atoms with van der Waals surface area (Å²) in [4.78, 5) is 87.2. The smallest absolute Gasteiger partial charge is 0.246 e. The van der Waals surface area contributed by atoms with Crippen molar-refractivity contribution in [2.45, 2.75) is 177 Å². The van der Waals surface area contributed by atoms with Gasteiger partial charge in [0.15, 0.2) is 0 Å². The summed E-state index contributed by atoms with van der Waals surface area (Å²) in [5.74, 6) is -2.76. The number of fused-ring (bicyclic) bond motifs is 3. The van der Waals surface area contributed by atoms with Gasteiger partial charge in [0.25, 0.3) is 0 Å². The first-order valence-corrected chi connectivity index (χ1v) is 31.5. The van der Waals surface area contributed by atoms with Crippen LogP contribution in [0.15, 0.2) is 94.7 Å². The zero-order chi connectivity index (χ0) is 59.6. The predicted octanol–water partition coefficient (Wildman–Crippen LogP) is 4.00. The molecule has 4 aromatic carbocycles. The topological polar surface area (TPSA) is 273 Å². The number of nitrogens with zero attached hydrogens (tertiary/aromatic N) is 2. The second-order valence-corrected chi connectivity index (χ2v) is 28.2. The number of carbonyl (C=O) groups excluding carboxylic acids is 6. The van der Waals surface area contributed by atoms with Crippen molar-refractivity contribution in [3.63, 3.8) is 0 Å². The Morgan fingerprint density at radius 1 is 0.537 bits per heavy atom. The Bertz CT molecular complexity index is 3090. The lowest BCUT2D eigenvalue weighted by molar-refractivity contribution is -0.144. The molecule has 22 heteroatoms. The van der Waals surface area contributed by atoms with Gasteiger partial charge in [-0.1, -0.05) is 102 Å². The average molecular weight is 1170 g/mol. The molecule has 0 spiro atoms. The number of carbonyl (C=O) groups is 6. The molecule has 0 bridgehead atoms. The van der Waals surface area contributed by atoms with Crippen LogP contribution in [0.5, 0.6) is 0 Å². The standard InChI is InChI=1S/C60H82N10O10S2/c1-35(61-9)53(71)65-51(59(3,4)5)57(75)69-33-41(31-49(69)55(73)63-47-23-15-19-37-17-11-13-21-45(37)47)67-81(77,78)43-27-25-40-30-44(28-26-39(40)29-43)82(79,80)68-42-32-50(56(74)64-48-24-16-20-38-18-12-14-22-46(38)48)70(34-42)58(76)52(60(6,7)8)66-54(72)36(2)62-10/h11-14,17-18,21-22,25-30,35-36,41-42,47-52,61-62,67-68H,15-16,19-20,23-24,31-34H2,1-10H3,(H,63,73)(H,64,74)(H,65,71)(H,66,72)/t35-,36-,41-,42-,47+,48+,49-,50-,51+,52+/m0/s1. The first-order valence-electron chi connectivity index (χ1n) is 28.5. The molecule has 2 aliphatic carbocycles. The number of hydrogen-bond donors (Lipinski definition) is 8. The molecule has 444 valence electrons. The van der Waals surface area contributed by atoms with E-state index in [9.17, 15) is 45.6 Å². The van der Waals surface area contributed by atoms with Gasteiger partial charge in [0.2, 0.25) is 55.5 Å². The molecular weight excluding hydrogens is 1080 g/mol. The summed E-state index contributed by atoms with van der Waals surface area (Å²) < 4.78 is 62.9. The minimum absolute atomic E-state index is 0.0538. The molecule has 0 aromatic heterocycles. The number of nitrogens with one attached hydrogen (secondary N) is 8. The van der Waals surface area contributed by atoms with Crippen LogP contribution >= 0.6 is 0 Å². The van der Waals surface area contributed by atoms with Crippen molar-refractivity contribution in [3.05, 3.63) is 107 Å². The average Bonchev–Trinajstić information content (AvgIpc) is 4.11. The van der Waals surface area contributed by atoms with Crippen LogP contribution in [0.3, 0.4) is 0 Å². The molecule has 2 heterocycles. The zero-order valence-electron chi connectivity index (χ0n) is 48.7. The van der Waals surface area contributed by atoms with Crippen molar-refractivity contribution in [1.29, 1.82) is 0 Å². The number of rotatable bonds is 18. The molecule has 4 aliphatic rings. The molecule has 0 radical (unpaired) electrons. The zero-order valence-corrected chi connectivity index (χ0v) is 50.4. The lowest BCUT2D eigenvalue weighted by atomic mass is 9.85. The first-order chi connectivity index (χ1) is 38.6. The van der Waals surface area contributed by atoms with Gasteiger partial charge in [0, 0.05) is 25.2 Å². The summed E-state index contributed by atoms with van der Waals surface area (Å²) in [6.45, 7) is 13.8. The minimum atomic E-state index is -4.33. The molecular formula is C60H82N10O10S2. The summed E-state index contributed by atoms with van der Waals surface area (Å²) in [5.41, 5.74) is 2.64. The van der Waals surface area contributed by atoms with Gasteiger partial charge in [-0.2, -0.15) is 0 Å². The molecule has 4 aromatic rings. The number of aryl methyl sites for hydroxylation is 2. The molecule has 0 saturated carbocycles. The maximum absolute atomic E-state index is 14.7. The molecule has 8 N–H and O–H groups in total. The summed E-state index contributed by atoms with van der Waals surface area (Å²) >= 11 is 0. The van der Waals surface area contributed by atoms with Gasteiger partial charge in [0.1, 0.15) is 24.2 Å².